The zero-order valence-electron chi connectivity index (χ0n) is 32.0. The Balaban J connectivity index is 1.45. The van der Waals surface area contributed by atoms with Gasteiger partial charge in [0, 0.05) is 0 Å². The van der Waals surface area contributed by atoms with Gasteiger partial charge in [-0.15, -0.1) is 0 Å². The molecule has 6 rings (SSSR count). The van der Waals surface area contributed by atoms with Gasteiger partial charge in [0.2, 0.25) is 0 Å². The van der Waals surface area contributed by atoms with Gasteiger partial charge in [-0.05, 0) is 0 Å². The van der Waals surface area contributed by atoms with Gasteiger partial charge in [0.1, 0.15) is 0 Å². The molecule has 7 atom stereocenters. The minimum atomic E-state index is -3.02. The van der Waals surface area contributed by atoms with Crippen LogP contribution in [0.5, 0.6) is 0 Å². The maximum absolute atomic E-state index is 18.2. The van der Waals surface area contributed by atoms with Crippen LogP contribution in [0.15, 0.2) is 152 Å². The van der Waals surface area contributed by atoms with Crippen LogP contribution in [0.3, 0.4) is 0 Å². The number of carbonyl (C=O) groups excluding carboxylic acids is 2. The molecule has 1 N–H and O–H groups in total. The standard InChI is InChI=1S/C46H48FNO8Se/c1-33(49)48-40-42(56-46(47,45(50)51-2)44(57-38-26-16-7-17-27-38)43(40)55-31-37-24-14-6-15-25-37)41(54-30-36-22-12-5-13-23-36)39(53-29-35-20-10-4-11-21-35)32-52-28-34-18-8-3-9-19-34/h3-27,39-44H,28-32H2,1-2H3,(H,48,49)/t39-,40+,41-,42-,43-,44+,46?/m1/s1. The number of amides is 1. The SMILES string of the molecule is COC(=O)C1(F)O[C@@H]([C@H](OCc2ccccc2)[C@@H](COCc2ccccc2)OCc2ccccc2)[C@H](NC(C)=O)[C@@H](OCc2ccccc2)[C@@H]1[Se]c1ccccc1. The van der Waals surface area contributed by atoms with Crippen molar-refractivity contribution in [3.8, 4) is 0 Å². The van der Waals surface area contributed by atoms with Crippen molar-refractivity contribution in [1.29, 1.82) is 0 Å². The van der Waals surface area contributed by atoms with Gasteiger partial charge < -0.3 is 0 Å². The van der Waals surface area contributed by atoms with Crippen molar-refractivity contribution in [1.82, 2.24) is 5.32 Å². The van der Waals surface area contributed by atoms with Crippen molar-refractivity contribution in [2.75, 3.05) is 13.7 Å². The summed E-state index contributed by atoms with van der Waals surface area (Å²) in [5.41, 5.74) is 3.49. The van der Waals surface area contributed by atoms with Crippen molar-refractivity contribution in [3.63, 3.8) is 0 Å². The van der Waals surface area contributed by atoms with Crippen LogP contribution in [0.25, 0.3) is 0 Å². The fourth-order valence-corrected chi connectivity index (χ4v) is 9.42. The second-order valence-electron chi connectivity index (χ2n) is 13.7. The Morgan fingerprint density at radius 1 is 0.702 bits per heavy atom. The third-order valence-electron chi connectivity index (χ3n) is 9.48. The number of carbonyl (C=O) groups is 2. The number of methoxy groups -OCH3 is 1. The number of rotatable bonds is 19. The molecule has 57 heavy (non-hydrogen) atoms. The number of ether oxygens (including phenoxy) is 6. The minimum absolute atomic E-state index is 0.00172. The van der Waals surface area contributed by atoms with Crippen molar-refractivity contribution in [2.45, 2.75) is 74.5 Å². The Kier molecular flexibility index (Phi) is 15.6. The molecular weight excluding hydrogens is 792 g/mol. The predicted octanol–water partition coefficient (Wildman–Crippen LogP) is 6.52. The summed E-state index contributed by atoms with van der Waals surface area (Å²) in [6.07, 6.45) is -4.45. The molecule has 1 heterocycles. The van der Waals surface area contributed by atoms with E-state index >= 15 is 4.39 Å². The Labute approximate surface area is 339 Å². The average Bonchev–Trinajstić information content (AvgIpc) is 3.25. The normalized spacial score (nSPS) is 21.6. The number of alkyl halides is 1. The third-order valence-corrected chi connectivity index (χ3v) is 12.4. The first-order valence-corrected chi connectivity index (χ1v) is 20.7. The van der Waals surface area contributed by atoms with E-state index in [9.17, 15) is 9.59 Å². The molecule has 9 nitrogen and oxygen atoms in total. The number of esters is 1. The first-order valence-electron chi connectivity index (χ1n) is 18.9. The zero-order valence-corrected chi connectivity index (χ0v) is 33.7. The molecule has 0 bridgehead atoms. The molecule has 1 fully saturated rings. The van der Waals surface area contributed by atoms with Crippen LogP contribution in [-0.2, 0) is 64.4 Å². The second kappa shape index (κ2) is 21.2. The number of nitrogens with one attached hydrogen (secondary N) is 1. The van der Waals surface area contributed by atoms with Gasteiger partial charge in [0.05, 0.1) is 0 Å². The molecule has 1 aliphatic heterocycles. The predicted molar refractivity (Wildman–Crippen MR) is 215 cm³/mol. The molecule has 1 aliphatic rings. The molecule has 298 valence electrons. The van der Waals surface area contributed by atoms with E-state index in [2.05, 4.69) is 5.32 Å². The summed E-state index contributed by atoms with van der Waals surface area (Å²) < 4.78 is 57.0. The quantitative estimate of drug-likeness (QED) is 0.0742. The molecule has 1 unspecified atom stereocenters. The third kappa shape index (κ3) is 11.7. The van der Waals surface area contributed by atoms with E-state index in [1.807, 2.05) is 152 Å². The van der Waals surface area contributed by atoms with Crippen LogP contribution in [0.1, 0.15) is 29.2 Å². The summed E-state index contributed by atoms with van der Waals surface area (Å²) in [4.78, 5) is 25.8. The van der Waals surface area contributed by atoms with Crippen LogP contribution in [0.4, 0.5) is 4.39 Å². The molecule has 0 radical (unpaired) electrons. The molecule has 5 aromatic carbocycles. The first-order chi connectivity index (χ1) is 27.8. The molecular formula is C46H48FNO8Se. The van der Waals surface area contributed by atoms with Gasteiger partial charge in [-0.3, -0.25) is 0 Å². The number of benzene rings is 5. The summed E-state index contributed by atoms with van der Waals surface area (Å²) in [5, 5.41) is 3.04. The summed E-state index contributed by atoms with van der Waals surface area (Å²) >= 11 is -0.754. The molecule has 1 saturated heterocycles. The van der Waals surface area contributed by atoms with Crippen LogP contribution in [-0.4, -0.2) is 76.9 Å². The molecule has 0 aromatic heterocycles. The van der Waals surface area contributed by atoms with Crippen LogP contribution < -0.4 is 9.78 Å². The maximum atomic E-state index is 18.2. The summed E-state index contributed by atoms with van der Waals surface area (Å²) in [7, 11) is 1.13. The fourth-order valence-electron chi connectivity index (χ4n) is 6.71. The summed E-state index contributed by atoms with van der Waals surface area (Å²) in [5.74, 6) is -4.63. The van der Waals surface area contributed by atoms with Crippen molar-refractivity contribution in [2.24, 2.45) is 0 Å². The van der Waals surface area contributed by atoms with E-state index < -0.39 is 68.0 Å². The molecule has 5 aromatic rings. The van der Waals surface area contributed by atoms with Crippen molar-refractivity contribution >= 4 is 31.3 Å². The first kappa shape index (κ1) is 41.9. The van der Waals surface area contributed by atoms with Gasteiger partial charge in [-0.1, -0.05) is 6.07 Å². The van der Waals surface area contributed by atoms with E-state index in [4.69, 9.17) is 28.4 Å². The number of halogens is 1. The molecule has 0 spiro atoms. The average molecular weight is 841 g/mol. The molecule has 11 heteroatoms. The molecule has 0 aliphatic carbocycles. The van der Waals surface area contributed by atoms with E-state index in [-0.39, 0.29) is 33.0 Å². The van der Waals surface area contributed by atoms with Gasteiger partial charge >= 0.3 is 335 Å². The number of hydrogen-bond donors (Lipinski definition) is 1. The van der Waals surface area contributed by atoms with Crippen molar-refractivity contribution in [3.05, 3.63) is 174 Å². The van der Waals surface area contributed by atoms with Crippen molar-refractivity contribution < 1.29 is 42.4 Å². The van der Waals surface area contributed by atoms with Crippen LogP contribution >= 0.6 is 0 Å². The Morgan fingerprint density at radius 2 is 1.18 bits per heavy atom. The topological polar surface area (TPSA) is 102 Å². The van der Waals surface area contributed by atoms with Gasteiger partial charge in [-0.25, -0.2) is 0 Å². The van der Waals surface area contributed by atoms with E-state index in [1.54, 1.807) is 0 Å². The van der Waals surface area contributed by atoms with Gasteiger partial charge in [0.15, 0.2) is 0 Å². The van der Waals surface area contributed by atoms with E-state index in [1.165, 1.54) is 6.92 Å². The summed E-state index contributed by atoms with van der Waals surface area (Å²) in [6, 6.07) is 46.6. The Hall–Kier alpha value is -4.71. The molecule has 0 saturated carbocycles. The summed E-state index contributed by atoms with van der Waals surface area (Å²) in [6.45, 7) is 1.94. The number of hydrogen-bond acceptors (Lipinski definition) is 8. The fraction of sp³-hybridized carbons (Fsp3) is 0.304. The van der Waals surface area contributed by atoms with Gasteiger partial charge in [0.25, 0.3) is 0 Å². The van der Waals surface area contributed by atoms with Crippen LogP contribution in [0, 0.1) is 0 Å². The van der Waals surface area contributed by atoms with Gasteiger partial charge in [-0.2, -0.15) is 0 Å². The second-order valence-corrected chi connectivity index (χ2v) is 16.2. The monoisotopic (exact) mass is 841 g/mol. The van der Waals surface area contributed by atoms with Crippen LogP contribution in [0.2, 0.25) is 4.82 Å². The Bertz CT molecular complexity index is 1950. The Morgan fingerprint density at radius 3 is 1.68 bits per heavy atom. The van der Waals surface area contributed by atoms with E-state index in [0.717, 1.165) is 33.8 Å². The van der Waals surface area contributed by atoms with E-state index in [0.29, 0.717) is 0 Å². The molecule has 1 amide bonds. The zero-order chi connectivity index (χ0) is 39.9.